The molecule has 1 saturated heterocycles. The largest absolute Gasteiger partial charge is 0.507 e. The highest BCUT2D eigenvalue weighted by atomic mass is 35.5. The van der Waals surface area contributed by atoms with E-state index in [-0.39, 0.29) is 16.5 Å². The molecule has 0 saturated carbocycles. The topological polar surface area (TPSA) is 92.6 Å². The number of rotatable bonds is 11. The van der Waals surface area contributed by atoms with Crippen LogP contribution in [0.5, 0.6) is 5.75 Å². The van der Waals surface area contributed by atoms with Gasteiger partial charge in [0, 0.05) is 26.4 Å². The fourth-order valence-corrected chi connectivity index (χ4v) is 7.09. The summed E-state index contributed by atoms with van der Waals surface area (Å²) in [6, 6.07) is 17.9. The third kappa shape index (κ3) is 7.19. The Morgan fingerprint density at radius 2 is 1.70 bits per heavy atom. The Kier molecular flexibility index (Phi) is 10.3. The zero-order valence-corrected chi connectivity index (χ0v) is 26.8. The predicted octanol–water partition coefficient (Wildman–Crippen LogP) is 8.99. The van der Waals surface area contributed by atoms with Gasteiger partial charge in [-0.25, -0.2) is 0 Å². The lowest BCUT2D eigenvalue weighted by atomic mass is 9.95. The highest BCUT2D eigenvalue weighted by Gasteiger charge is 2.48. The first-order valence-electron chi connectivity index (χ1n) is 13.5. The molecule has 3 aromatic carbocycles. The molecule has 5 rings (SSSR count). The van der Waals surface area contributed by atoms with Crippen molar-refractivity contribution in [2.75, 3.05) is 11.5 Å². The quantitative estimate of drug-likeness (QED) is 0.0424. The van der Waals surface area contributed by atoms with E-state index >= 15 is 0 Å². The van der Waals surface area contributed by atoms with E-state index in [4.69, 9.17) is 39.5 Å². The summed E-state index contributed by atoms with van der Waals surface area (Å²) < 4.78 is 6.43. The van der Waals surface area contributed by atoms with Gasteiger partial charge in [0.25, 0.3) is 5.78 Å². The van der Waals surface area contributed by atoms with Crippen LogP contribution in [0.4, 0.5) is 5.13 Å². The SMILES string of the molecule is CCCCCOc1ccc(C2/C(=C(/O)c3ccc(Cl)cc3)C(=O)C(=O)N2c2nnc(SCc3ccc(Cl)cc3Cl)s2)cc1. The molecule has 1 amide bonds. The van der Waals surface area contributed by atoms with E-state index in [1.807, 2.05) is 6.07 Å². The number of aromatic nitrogens is 2. The van der Waals surface area contributed by atoms with Gasteiger partial charge in [0.1, 0.15) is 11.5 Å². The highest BCUT2D eigenvalue weighted by Crippen LogP contribution is 2.44. The molecule has 1 aliphatic rings. The van der Waals surface area contributed by atoms with Gasteiger partial charge >= 0.3 is 5.91 Å². The van der Waals surface area contributed by atoms with E-state index in [9.17, 15) is 14.7 Å². The minimum atomic E-state index is -0.943. The first-order valence-corrected chi connectivity index (χ1v) is 16.4. The third-order valence-corrected chi connectivity index (χ3v) is 9.69. The molecule has 0 aliphatic carbocycles. The van der Waals surface area contributed by atoms with Crippen molar-refractivity contribution in [3.8, 4) is 5.75 Å². The Morgan fingerprint density at radius 3 is 2.40 bits per heavy atom. The van der Waals surface area contributed by atoms with Crippen LogP contribution in [0.1, 0.15) is 48.9 Å². The summed E-state index contributed by atoms with van der Waals surface area (Å²) in [5.41, 5.74) is 1.78. The summed E-state index contributed by atoms with van der Waals surface area (Å²) in [5.74, 6) is -0.768. The number of hydrogen-bond acceptors (Lipinski definition) is 8. The fourth-order valence-electron chi connectivity index (χ4n) is 4.53. The summed E-state index contributed by atoms with van der Waals surface area (Å²) in [6.07, 6.45) is 3.11. The zero-order valence-electron chi connectivity index (χ0n) is 22.9. The number of ketones is 1. The number of thioether (sulfide) groups is 1. The molecule has 1 aromatic heterocycles. The van der Waals surface area contributed by atoms with E-state index < -0.39 is 17.7 Å². The maximum atomic E-state index is 13.5. The van der Waals surface area contributed by atoms with Gasteiger partial charge in [-0.1, -0.05) is 95.9 Å². The lowest BCUT2D eigenvalue weighted by Crippen LogP contribution is -2.29. The second-order valence-electron chi connectivity index (χ2n) is 9.68. The van der Waals surface area contributed by atoms with E-state index in [2.05, 4.69) is 17.1 Å². The first kappa shape index (κ1) is 31.3. The van der Waals surface area contributed by atoms with Crippen molar-refractivity contribution in [2.45, 2.75) is 42.3 Å². The number of hydrogen-bond donors (Lipinski definition) is 1. The number of carbonyl (C=O) groups is 2. The Labute approximate surface area is 272 Å². The number of Topliss-reactive ketones (excluding diaryl/α,β-unsaturated/α-hetero) is 1. The van der Waals surface area contributed by atoms with Crippen LogP contribution >= 0.6 is 57.9 Å². The molecule has 1 fully saturated rings. The van der Waals surface area contributed by atoms with Crippen LogP contribution in [0.3, 0.4) is 0 Å². The molecule has 0 bridgehead atoms. The second-order valence-corrected chi connectivity index (χ2v) is 13.1. The van der Waals surface area contributed by atoms with Crippen LogP contribution < -0.4 is 9.64 Å². The number of nitrogens with zero attached hydrogens (tertiary/aromatic N) is 3. The minimum absolute atomic E-state index is 0.0544. The van der Waals surface area contributed by atoms with Gasteiger partial charge < -0.3 is 9.84 Å². The molecule has 7 nitrogen and oxygen atoms in total. The maximum absolute atomic E-state index is 13.5. The number of benzene rings is 3. The van der Waals surface area contributed by atoms with Crippen molar-refractivity contribution in [2.24, 2.45) is 0 Å². The molecule has 1 N–H and O–H groups in total. The molecule has 12 heteroatoms. The lowest BCUT2D eigenvalue weighted by molar-refractivity contribution is -0.132. The number of aliphatic hydroxyl groups excluding tert-OH is 1. The highest BCUT2D eigenvalue weighted by molar-refractivity contribution is 8.00. The van der Waals surface area contributed by atoms with E-state index in [0.717, 1.165) is 24.8 Å². The summed E-state index contributed by atoms with van der Waals surface area (Å²) in [5, 5.41) is 21.6. The van der Waals surface area contributed by atoms with E-state index in [1.54, 1.807) is 60.7 Å². The van der Waals surface area contributed by atoms with Gasteiger partial charge in [0.15, 0.2) is 4.34 Å². The number of anilines is 1. The monoisotopic (exact) mass is 673 g/mol. The van der Waals surface area contributed by atoms with Crippen LogP contribution in [0.25, 0.3) is 5.76 Å². The maximum Gasteiger partial charge on any atom is 0.301 e. The number of carbonyl (C=O) groups excluding carboxylic acids is 2. The molecule has 222 valence electrons. The first-order chi connectivity index (χ1) is 20.8. The Morgan fingerprint density at radius 1 is 0.977 bits per heavy atom. The molecule has 1 aliphatic heterocycles. The van der Waals surface area contributed by atoms with Gasteiger partial charge in [-0.05, 0) is 66.1 Å². The number of unbranched alkanes of at least 4 members (excludes halogenated alkanes) is 2. The molecule has 43 heavy (non-hydrogen) atoms. The van der Waals surface area contributed by atoms with Crippen LogP contribution in [0.2, 0.25) is 15.1 Å². The molecular formula is C31H26Cl3N3O4S2. The van der Waals surface area contributed by atoms with Crippen molar-refractivity contribution < 1.29 is 19.4 Å². The number of halogens is 3. The molecule has 1 unspecified atom stereocenters. The Balaban J connectivity index is 1.48. The van der Waals surface area contributed by atoms with Gasteiger partial charge in [-0.15, -0.1) is 10.2 Å². The molecule has 0 spiro atoms. The predicted molar refractivity (Wildman–Crippen MR) is 174 cm³/mol. The third-order valence-electron chi connectivity index (χ3n) is 6.74. The van der Waals surface area contributed by atoms with Crippen LogP contribution in [-0.2, 0) is 15.3 Å². The summed E-state index contributed by atoms with van der Waals surface area (Å²) in [4.78, 5) is 28.3. The molecule has 1 atom stereocenters. The Bertz CT molecular complexity index is 1660. The molecule has 0 radical (unpaired) electrons. The van der Waals surface area contributed by atoms with Crippen LogP contribution in [0.15, 0.2) is 76.6 Å². The number of amides is 1. The standard InChI is InChI=1S/C31H26Cl3N3O4S2/c1-2-3-4-15-41-23-13-8-18(9-14-23)26-25(27(38)19-5-10-21(32)11-6-19)28(39)29(40)37(26)30-35-36-31(43-30)42-17-20-7-12-22(33)16-24(20)34/h5-14,16,26,38H,2-4,15,17H2,1H3/b27-25-. The van der Waals surface area contributed by atoms with Crippen LogP contribution in [-0.4, -0.2) is 33.6 Å². The smallest absolute Gasteiger partial charge is 0.301 e. The Hall–Kier alpha value is -3.08. The van der Waals surface area contributed by atoms with Crippen molar-refractivity contribution in [3.05, 3.63) is 104 Å². The van der Waals surface area contributed by atoms with Crippen molar-refractivity contribution in [3.63, 3.8) is 0 Å². The molecule has 2 heterocycles. The minimum Gasteiger partial charge on any atom is -0.507 e. The molecular weight excluding hydrogens is 649 g/mol. The van der Waals surface area contributed by atoms with Crippen LogP contribution in [0, 0.1) is 0 Å². The van der Waals surface area contributed by atoms with E-state index in [1.165, 1.54) is 28.0 Å². The molecule has 4 aromatic rings. The fraction of sp³-hybridized carbons (Fsp3) is 0.226. The number of ether oxygens (including phenoxy) is 1. The lowest BCUT2D eigenvalue weighted by Gasteiger charge is -2.22. The summed E-state index contributed by atoms with van der Waals surface area (Å²) >= 11 is 20.9. The number of aliphatic hydroxyl groups is 1. The summed E-state index contributed by atoms with van der Waals surface area (Å²) in [7, 11) is 0. The normalized spacial score (nSPS) is 16.2. The van der Waals surface area contributed by atoms with Gasteiger partial charge in [-0.2, -0.15) is 0 Å². The average Bonchev–Trinajstić information content (AvgIpc) is 3.57. The summed E-state index contributed by atoms with van der Waals surface area (Å²) in [6.45, 7) is 2.72. The zero-order chi connectivity index (χ0) is 30.5. The second kappa shape index (κ2) is 14.1. The van der Waals surface area contributed by atoms with Gasteiger partial charge in [-0.3, -0.25) is 14.5 Å². The van der Waals surface area contributed by atoms with Gasteiger partial charge in [0.05, 0.1) is 18.2 Å². The van der Waals surface area contributed by atoms with Gasteiger partial charge in [0.2, 0.25) is 5.13 Å². The van der Waals surface area contributed by atoms with Crippen molar-refractivity contribution >= 4 is 80.5 Å². The van der Waals surface area contributed by atoms with Crippen molar-refractivity contribution in [1.29, 1.82) is 0 Å². The average molecular weight is 675 g/mol. The van der Waals surface area contributed by atoms with Crippen molar-refractivity contribution in [1.82, 2.24) is 10.2 Å². The van der Waals surface area contributed by atoms with E-state index in [0.29, 0.717) is 48.6 Å².